The minimum absolute atomic E-state index is 0.0336. The van der Waals surface area contributed by atoms with Crippen LogP contribution >= 0.6 is 23.2 Å². The number of carbonyl (C=O) groups is 6. The van der Waals surface area contributed by atoms with Crippen molar-refractivity contribution in [1.82, 2.24) is 28.7 Å². The van der Waals surface area contributed by atoms with Crippen LogP contribution in [-0.4, -0.2) is 109 Å². The van der Waals surface area contributed by atoms with Gasteiger partial charge in [0.1, 0.15) is 11.6 Å². The molecular formula is C39H42Cl2F2N6O7. The summed E-state index contributed by atoms with van der Waals surface area (Å²) >= 11 is 8.98. The molecule has 0 saturated carbocycles. The molecule has 6 heterocycles. The molecule has 0 N–H and O–H groups in total. The van der Waals surface area contributed by atoms with E-state index < -0.39 is 28.1 Å². The minimum Gasteiger partial charge on any atom is -0.463 e. The molecule has 4 aliphatic heterocycles. The van der Waals surface area contributed by atoms with E-state index in [0.29, 0.717) is 42.6 Å². The number of hydrogen-bond donors (Lipinski definition) is 0. The third-order valence-electron chi connectivity index (χ3n) is 10.4. The number of likely N-dealkylation sites (tertiary alicyclic amines) is 2. The Labute approximate surface area is 331 Å². The number of nitrogens with zero attached hydrogens (tertiary/aromatic N) is 6. The molecule has 4 aromatic rings. The molecule has 0 unspecified atom stereocenters. The van der Waals surface area contributed by atoms with E-state index in [0.717, 1.165) is 88.4 Å². The monoisotopic (exact) mass is 814 g/mol. The van der Waals surface area contributed by atoms with Crippen molar-refractivity contribution in [2.24, 2.45) is 0 Å². The largest absolute Gasteiger partial charge is 0.463 e. The van der Waals surface area contributed by atoms with Crippen LogP contribution in [0.25, 0.3) is 21.8 Å². The van der Waals surface area contributed by atoms with E-state index in [4.69, 9.17) is 0 Å². The van der Waals surface area contributed by atoms with Crippen LogP contribution in [0.1, 0.15) is 60.0 Å². The first-order valence-electron chi connectivity index (χ1n) is 18.5. The number of carbonyl (C=O) groups excluding carboxylic acids is 6. The van der Waals surface area contributed by atoms with Crippen LogP contribution in [0.3, 0.4) is 0 Å². The summed E-state index contributed by atoms with van der Waals surface area (Å²) < 4.78 is 36.6. The second-order valence-corrected chi connectivity index (χ2v) is 14.8. The Balaban J connectivity index is 0.000000169. The standard InChI is InChI=1S/C20H22FN3O4.C17H20FN3O.C2Cl2O2/c1-28-19(26)18(25)16-12-23-7-8-24(20(27)22-5-3-2-4-6-22)11-13-9-14(21)10-15(16)17(13)23;18-15-10-13-4-7-19-8-9-21(12-14(11-15)16(13)19)17(22)20-5-2-1-3-6-20;3-1(5)2(4)6/h9-10,12H,2-8,11H2,1H3;4,7,10-11H,1-3,5-6,8-9,12H2;. The Kier molecular flexibility index (Phi) is 12.9. The first-order valence-corrected chi connectivity index (χ1v) is 19.3. The highest BCUT2D eigenvalue weighted by Crippen LogP contribution is 2.31. The van der Waals surface area contributed by atoms with Crippen molar-refractivity contribution in [2.75, 3.05) is 46.4 Å². The first-order chi connectivity index (χ1) is 26.9. The van der Waals surface area contributed by atoms with Gasteiger partial charge in [-0.15, -0.1) is 0 Å². The van der Waals surface area contributed by atoms with Gasteiger partial charge in [0.25, 0.3) is 5.78 Å². The van der Waals surface area contributed by atoms with Crippen molar-refractivity contribution in [1.29, 1.82) is 0 Å². The number of rotatable bonds is 3. The highest BCUT2D eigenvalue weighted by atomic mass is 35.5. The molecule has 0 spiro atoms. The smallest absolute Gasteiger partial charge is 0.379 e. The van der Waals surface area contributed by atoms with Crippen LogP contribution in [0.15, 0.2) is 42.7 Å². The van der Waals surface area contributed by atoms with E-state index in [1.807, 2.05) is 31.5 Å². The molecule has 56 heavy (non-hydrogen) atoms. The van der Waals surface area contributed by atoms with Crippen LogP contribution in [-0.2, 0) is 45.3 Å². The number of ether oxygens (including phenoxy) is 1. The Bertz CT molecular complexity index is 2170. The van der Waals surface area contributed by atoms with Crippen molar-refractivity contribution in [2.45, 2.75) is 64.7 Å². The van der Waals surface area contributed by atoms with Crippen molar-refractivity contribution in [3.8, 4) is 0 Å². The van der Waals surface area contributed by atoms with Gasteiger partial charge < -0.3 is 33.5 Å². The molecule has 8 rings (SSSR count). The number of benzene rings is 2. The molecule has 2 saturated heterocycles. The van der Waals surface area contributed by atoms with Crippen LogP contribution in [0, 0.1) is 11.6 Å². The number of ketones is 1. The van der Waals surface area contributed by atoms with Gasteiger partial charge in [-0.2, -0.15) is 0 Å². The van der Waals surface area contributed by atoms with Crippen LogP contribution in [0.4, 0.5) is 18.4 Å². The zero-order valence-electron chi connectivity index (χ0n) is 30.9. The summed E-state index contributed by atoms with van der Waals surface area (Å²) in [5.74, 6) is -2.52. The summed E-state index contributed by atoms with van der Waals surface area (Å²) in [6, 6.07) is 7.81. The summed E-state index contributed by atoms with van der Waals surface area (Å²) in [5, 5.41) is -0.992. The molecule has 0 bridgehead atoms. The number of hydrogen-bond acceptors (Lipinski definition) is 7. The van der Waals surface area contributed by atoms with Gasteiger partial charge in [-0.3, -0.25) is 14.4 Å². The van der Waals surface area contributed by atoms with E-state index in [2.05, 4.69) is 32.5 Å². The van der Waals surface area contributed by atoms with E-state index in [9.17, 15) is 37.5 Å². The van der Waals surface area contributed by atoms with Gasteiger partial charge in [0.15, 0.2) is 0 Å². The first kappa shape index (κ1) is 40.6. The summed E-state index contributed by atoms with van der Waals surface area (Å²) in [5.41, 5.74) is 3.40. The van der Waals surface area contributed by atoms with Crippen molar-refractivity contribution < 1.29 is 42.3 Å². The number of amides is 4. The average Bonchev–Trinajstić information content (AvgIpc) is 3.65. The second kappa shape index (κ2) is 17.8. The van der Waals surface area contributed by atoms with E-state index in [-0.39, 0.29) is 30.0 Å². The van der Waals surface area contributed by atoms with Gasteiger partial charge in [0, 0.05) is 88.6 Å². The maximum Gasteiger partial charge on any atom is 0.379 e. The lowest BCUT2D eigenvalue weighted by molar-refractivity contribution is -0.135. The lowest BCUT2D eigenvalue weighted by Gasteiger charge is -2.32. The average molecular weight is 816 g/mol. The molecule has 17 heteroatoms. The highest BCUT2D eigenvalue weighted by Gasteiger charge is 2.30. The molecule has 0 atom stereocenters. The normalized spacial score (nSPS) is 16.5. The Morgan fingerprint density at radius 1 is 0.607 bits per heavy atom. The Hall–Kier alpha value is -5.02. The van der Waals surface area contributed by atoms with Crippen molar-refractivity contribution in [3.05, 3.63) is 71.1 Å². The van der Waals surface area contributed by atoms with Gasteiger partial charge in [0.05, 0.1) is 23.7 Å². The molecule has 298 valence electrons. The maximum absolute atomic E-state index is 14.3. The molecule has 13 nitrogen and oxygen atoms in total. The van der Waals surface area contributed by atoms with Crippen molar-refractivity contribution >= 4 is 79.3 Å². The fourth-order valence-corrected chi connectivity index (χ4v) is 7.80. The summed E-state index contributed by atoms with van der Waals surface area (Å²) in [6.45, 7) is 6.30. The van der Waals surface area contributed by atoms with Gasteiger partial charge in [-0.1, -0.05) is 0 Å². The SMILES string of the molecule is COC(=O)C(=O)c1cn2c3c(cc(F)cc13)CN(C(=O)N1CCCCC1)CC2.O=C(Cl)C(=O)Cl.O=C(N1CCCCC1)N1CCn2ccc3cc(F)cc(c32)C1. The third kappa shape index (κ3) is 8.99. The zero-order valence-corrected chi connectivity index (χ0v) is 32.4. The topological polar surface area (TPSA) is 134 Å². The fraction of sp³-hybridized carbons (Fsp3) is 0.436. The number of aromatic nitrogens is 2. The molecule has 2 aromatic carbocycles. The minimum atomic E-state index is -1.14. The molecule has 4 amide bonds. The van der Waals surface area contributed by atoms with Crippen molar-refractivity contribution in [3.63, 3.8) is 0 Å². The molecule has 2 fully saturated rings. The van der Waals surface area contributed by atoms with Gasteiger partial charge >= 0.3 is 28.5 Å². The van der Waals surface area contributed by atoms with Gasteiger partial charge in [-0.25, -0.2) is 23.2 Å². The lowest BCUT2D eigenvalue weighted by atomic mass is 10.1. The summed E-state index contributed by atoms with van der Waals surface area (Å²) in [6.07, 6.45) is 10.1. The number of methoxy groups -OCH3 is 1. The maximum atomic E-state index is 14.3. The molecular weight excluding hydrogens is 773 g/mol. The molecule has 2 aromatic heterocycles. The Morgan fingerprint density at radius 2 is 1.11 bits per heavy atom. The van der Waals surface area contributed by atoms with Crippen LogP contribution in [0.5, 0.6) is 0 Å². The van der Waals surface area contributed by atoms with E-state index in [1.54, 1.807) is 23.2 Å². The number of esters is 1. The predicted molar refractivity (Wildman–Crippen MR) is 204 cm³/mol. The second-order valence-electron chi connectivity index (χ2n) is 14.1. The third-order valence-corrected chi connectivity index (χ3v) is 10.9. The number of urea groups is 2. The van der Waals surface area contributed by atoms with Crippen LogP contribution < -0.4 is 0 Å². The fourth-order valence-electron chi connectivity index (χ4n) is 7.80. The quantitative estimate of drug-likeness (QED) is 0.103. The lowest BCUT2D eigenvalue weighted by Crippen LogP contribution is -2.45. The van der Waals surface area contributed by atoms with Gasteiger partial charge in [0.2, 0.25) is 0 Å². The molecule has 0 aliphatic carbocycles. The Morgan fingerprint density at radius 3 is 1.62 bits per heavy atom. The predicted octanol–water partition coefficient (Wildman–Crippen LogP) is 6.28. The zero-order chi connectivity index (χ0) is 40.1. The van der Waals surface area contributed by atoms with E-state index >= 15 is 0 Å². The van der Waals surface area contributed by atoms with Gasteiger partial charge in [-0.05, 0) is 103 Å². The summed E-state index contributed by atoms with van der Waals surface area (Å²) in [7, 11) is 1.14. The number of Topliss-reactive ketones (excluding diaryl/α,β-unsaturated/α-hetero) is 1. The van der Waals surface area contributed by atoms with E-state index in [1.165, 1.54) is 18.6 Å². The molecule has 4 aliphatic rings. The highest BCUT2D eigenvalue weighted by molar-refractivity contribution is 6.97. The summed E-state index contributed by atoms with van der Waals surface area (Å²) in [4.78, 5) is 75.9. The molecule has 0 radical (unpaired) electrons. The van der Waals surface area contributed by atoms with Crippen LogP contribution in [0.2, 0.25) is 0 Å². The number of piperidine rings is 2. The number of halogens is 4.